The minimum atomic E-state index is -0.126. The van der Waals surface area contributed by atoms with Crippen molar-refractivity contribution in [2.45, 2.75) is 25.8 Å². The zero-order chi connectivity index (χ0) is 15.9. The van der Waals surface area contributed by atoms with Crippen molar-refractivity contribution in [1.82, 2.24) is 10.2 Å². The third-order valence-corrected chi connectivity index (χ3v) is 3.52. The van der Waals surface area contributed by atoms with Crippen LogP contribution in [0.4, 0.5) is 0 Å². The first-order valence-electron chi connectivity index (χ1n) is 7.03. The molecule has 1 amide bonds. The molecule has 0 radical (unpaired) electrons. The van der Waals surface area contributed by atoms with Gasteiger partial charge in [-0.3, -0.25) is 4.79 Å². The molecular formula is C17H24N2O2. The van der Waals surface area contributed by atoms with Gasteiger partial charge in [-0.05, 0) is 40.1 Å². The van der Waals surface area contributed by atoms with Crippen LogP contribution in [0.1, 0.15) is 36.2 Å². The first-order valence-corrected chi connectivity index (χ1v) is 7.03. The molecule has 0 aliphatic rings. The zero-order valence-electron chi connectivity index (χ0n) is 13.2. The molecule has 4 heteroatoms. The molecule has 0 fully saturated rings. The molecule has 1 aromatic carbocycles. The van der Waals surface area contributed by atoms with Gasteiger partial charge in [-0.1, -0.05) is 24.0 Å². The zero-order valence-corrected chi connectivity index (χ0v) is 13.2. The van der Waals surface area contributed by atoms with E-state index < -0.39 is 0 Å². The lowest BCUT2D eigenvalue weighted by Gasteiger charge is -2.32. The molecule has 0 spiro atoms. The van der Waals surface area contributed by atoms with Crippen LogP contribution in [0.5, 0.6) is 0 Å². The molecule has 1 rings (SSSR count). The van der Waals surface area contributed by atoms with E-state index in [4.69, 9.17) is 5.11 Å². The Kier molecular flexibility index (Phi) is 6.41. The summed E-state index contributed by atoms with van der Waals surface area (Å²) >= 11 is 0. The number of likely N-dealkylation sites (N-methyl/N-ethyl adjacent to an activating group) is 1. The molecule has 0 saturated carbocycles. The van der Waals surface area contributed by atoms with Gasteiger partial charge in [0.25, 0.3) is 5.91 Å². The first-order chi connectivity index (χ1) is 9.88. The highest BCUT2D eigenvalue weighted by Gasteiger charge is 2.21. The topological polar surface area (TPSA) is 52.6 Å². The Morgan fingerprint density at radius 2 is 2.00 bits per heavy atom. The number of rotatable bonds is 5. The fourth-order valence-electron chi connectivity index (χ4n) is 1.55. The van der Waals surface area contributed by atoms with E-state index in [0.29, 0.717) is 24.1 Å². The van der Waals surface area contributed by atoms with E-state index in [2.05, 4.69) is 35.9 Å². The van der Waals surface area contributed by atoms with E-state index in [-0.39, 0.29) is 18.1 Å². The maximum absolute atomic E-state index is 12.3. The third kappa shape index (κ3) is 5.22. The van der Waals surface area contributed by atoms with Crippen molar-refractivity contribution in [1.29, 1.82) is 0 Å². The highest BCUT2D eigenvalue weighted by Crippen LogP contribution is 2.10. The summed E-state index contributed by atoms with van der Waals surface area (Å²) in [7, 11) is 3.97. The normalized spacial score (nSPS) is 11.0. The average molecular weight is 288 g/mol. The quantitative estimate of drug-likeness (QED) is 0.807. The number of carbonyl (C=O) groups excluding carboxylic acids is 1. The lowest BCUT2D eigenvalue weighted by molar-refractivity contribution is 0.0919. The van der Waals surface area contributed by atoms with Gasteiger partial charge in [0.2, 0.25) is 0 Å². The second-order valence-electron chi connectivity index (χ2n) is 5.71. The maximum atomic E-state index is 12.3. The fraction of sp³-hybridized carbons (Fsp3) is 0.471. The minimum absolute atomic E-state index is 0.0262. The van der Waals surface area contributed by atoms with Crippen LogP contribution in [-0.2, 0) is 0 Å². The molecule has 1 aromatic rings. The van der Waals surface area contributed by atoms with Gasteiger partial charge >= 0.3 is 0 Å². The van der Waals surface area contributed by atoms with Crippen LogP contribution in [0.25, 0.3) is 0 Å². The van der Waals surface area contributed by atoms with E-state index in [9.17, 15) is 4.79 Å². The molecule has 114 valence electrons. The minimum Gasteiger partial charge on any atom is -0.395 e. The van der Waals surface area contributed by atoms with Gasteiger partial charge in [0, 0.05) is 24.1 Å². The number of amides is 1. The van der Waals surface area contributed by atoms with Crippen molar-refractivity contribution in [3.63, 3.8) is 0 Å². The number of nitrogens with zero attached hydrogens (tertiary/aromatic N) is 1. The summed E-state index contributed by atoms with van der Waals surface area (Å²) in [5.41, 5.74) is 1.14. The van der Waals surface area contributed by atoms with Crippen molar-refractivity contribution in [2.24, 2.45) is 0 Å². The number of hydrogen-bond acceptors (Lipinski definition) is 3. The third-order valence-electron chi connectivity index (χ3n) is 3.52. The predicted molar refractivity (Wildman–Crippen MR) is 85.1 cm³/mol. The number of aliphatic hydroxyl groups excluding tert-OH is 1. The summed E-state index contributed by atoms with van der Waals surface area (Å²) < 4.78 is 0. The van der Waals surface area contributed by atoms with Crippen molar-refractivity contribution >= 4 is 5.91 Å². The fourth-order valence-corrected chi connectivity index (χ4v) is 1.55. The number of aliphatic hydroxyl groups is 1. The van der Waals surface area contributed by atoms with E-state index in [1.165, 1.54) is 0 Å². The SMILES string of the molecule is CN(C)C(C)(C)CNC(=O)c1ccccc1C#CCCO. The Bertz CT molecular complexity index is 539. The Morgan fingerprint density at radius 3 is 2.62 bits per heavy atom. The summed E-state index contributed by atoms with van der Waals surface area (Å²) in [4.78, 5) is 14.4. The molecule has 0 aliphatic heterocycles. The van der Waals surface area contributed by atoms with Gasteiger partial charge in [-0.2, -0.15) is 0 Å². The standard InChI is InChI=1S/C17H24N2O2/c1-17(2,19(3)4)13-18-16(21)15-11-6-5-9-14(15)10-7-8-12-20/h5-6,9,11,20H,8,12-13H2,1-4H3,(H,18,21). The highest BCUT2D eigenvalue weighted by molar-refractivity contribution is 5.96. The number of benzene rings is 1. The van der Waals surface area contributed by atoms with Crippen LogP contribution in [0, 0.1) is 11.8 Å². The predicted octanol–water partition coefficient (Wildman–Crippen LogP) is 1.49. The summed E-state index contributed by atoms with van der Waals surface area (Å²) in [6.45, 7) is 4.72. The Morgan fingerprint density at radius 1 is 1.33 bits per heavy atom. The Labute approximate surface area is 127 Å². The highest BCUT2D eigenvalue weighted by atomic mass is 16.2. The molecule has 0 saturated heterocycles. The van der Waals surface area contributed by atoms with Gasteiger partial charge in [0.1, 0.15) is 0 Å². The Balaban J connectivity index is 2.82. The van der Waals surface area contributed by atoms with Gasteiger partial charge in [0.15, 0.2) is 0 Å². The van der Waals surface area contributed by atoms with Crippen molar-refractivity contribution in [3.8, 4) is 11.8 Å². The van der Waals surface area contributed by atoms with Crippen LogP contribution in [0.2, 0.25) is 0 Å². The molecule has 4 nitrogen and oxygen atoms in total. The molecule has 0 unspecified atom stereocenters. The number of carbonyl (C=O) groups is 1. The maximum Gasteiger partial charge on any atom is 0.252 e. The summed E-state index contributed by atoms with van der Waals surface area (Å²) in [5, 5.41) is 11.7. The second-order valence-corrected chi connectivity index (χ2v) is 5.71. The van der Waals surface area contributed by atoms with E-state index in [1.54, 1.807) is 6.07 Å². The summed E-state index contributed by atoms with van der Waals surface area (Å²) in [6, 6.07) is 7.25. The van der Waals surface area contributed by atoms with Gasteiger partial charge in [-0.25, -0.2) is 0 Å². The molecule has 21 heavy (non-hydrogen) atoms. The van der Waals surface area contributed by atoms with Crippen LogP contribution in [0.3, 0.4) is 0 Å². The van der Waals surface area contributed by atoms with Gasteiger partial charge in [-0.15, -0.1) is 0 Å². The van der Waals surface area contributed by atoms with Gasteiger partial charge in [0.05, 0.1) is 12.2 Å². The summed E-state index contributed by atoms with van der Waals surface area (Å²) in [5.74, 6) is 5.66. The smallest absolute Gasteiger partial charge is 0.252 e. The van der Waals surface area contributed by atoms with E-state index >= 15 is 0 Å². The second kappa shape index (κ2) is 7.82. The van der Waals surface area contributed by atoms with Crippen molar-refractivity contribution in [2.75, 3.05) is 27.2 Å². The van der Waals surface area contributed by atoms with E-state index in [1.807, 2.05) is 32.3 Å². The first kappa shape index (κ1) is 17.2. The van der Waals surface area contributed by atoms with E-state index in [0.717, 1.165) is 0 Å². The lowest BCUT2D eigenvalue weighted by atomic mass is 10.0. The van der Waals surface area contributed by atoms with Crippen LogP contribution < -0.4 is 5.32 Å². The van der Waals surface area contributed by atoms with Crippen LogP contribution in [-0.4, -0.2) is 48.7 Å². The van der Waals surface area contributed by atoms with Crippen LogP contribution >= 0.6 is 0 Å². The summed E-state index contributed by atoms with van der Waals surface area (Å²) in [6.07, 6.45) is 0.406. The Hall–Kier alpha value is -1.83. The molecule has 0 bridgehead atoms. The monoisotopic (exact) mass is 288 g/mol. The van der Waals surface area contributed by atoms with Gasteiger partial charge < -0.3 is 15.3 Å². The average Bonchev–Trinajstić information content (AvgIpc) is 2.45. The molecule has 0 aliphatic carbocycles. The largest absolute Gasteiger partial charge is 0.395 e. The molecule has 0 aromatic heterocycles. The molecule has 2 N–H and O–H groups in total. The molecule has 0 heterocycles. The van der Waals surface area contributed by atoms with Crippen LogP contribution in [0.15, 0.2) is 24.3 Å². The number of nitrogens with one attached hydrogen (secondary N) is 1. The van der Waals surface area contributed by atoms with Crippen molar-refractivity contribution in [3.05, 3.63) is 35.4 Å². The lowest BCUT2D eigenvalue weighted by Crippen LogP contribution is -2.48. The number of hydrogen-bond donors (Lipinski definition) is 2. The molecular weight excluding hydrogens is 264 g/mol. The molecule has 0 atom stereocenters. The van der Waals surface area contributed by atoms with Crippen molar-refractivity contribution < 1.29 is 9.90 Å².